The summed E-state index contributed by atoms with van der Waals surface area (Å²) in [7, 11) is 0. The minimum absolute atomic E-state index is 0.212. The summed E-state index contributed by atoms with van der Waals surface area (Å²) in [5.41, 5.74) is 8.61. The van der Waals surface area contributed by atoms with Crippen molar-refractivity contribution in [3.8, 4) is 0 Å². The van der Waals surface area contributed by atoms with Crippen LogP contribution < -0.4 is 11.1 Å². The summed E-state index contributed by atoms with van der Waals surface area (Å²) in [5.74, 6) is 0. The quantitative estimate of drug-likeness (QED) is 0.816. The molecule has 2 aromatic rings. The fraction of sp³-hybridized carbons (Fsp3) is 0.250. The normalized spacial score (nSPS) is 28.4. The zero-order chi connectivity index (χ0) is 12.8. The van der Waals surface area contributed by atoms with E-state index in [0.29, 0.717) is 18.6 Å². The van der Waals surface area contributed by atoms with Gasteiger partial charge in [0.1, 0.15) is 0 Å². The van der Waals surface area contributed by atoms with E-state index in [9.17, 15) is 0 Å². The van der Waals surface area contributed by atoms with Gasteiger partial charge in [-0.15, -0.1) is 0 Å². The number of hydrogen-bond acceptors (Lipinski definition) is 2. The molecule has 0 spiro atoms. The monoisotopic (exact) mass is 251 g/mol. The number of nitrogens with one attached hydrogen (secondary N) is 1. The van der Waals surface area contributed by atoms with E-state index >= 15 is 0 Å². The third-order valence-corrected chi connectivity index (χ3v) is 4.20. The van der Waals surface area contributed by atoms with Gasteiger partial charge >= 0.3 is 0 Å². The van der Waals surface area contributed by atoms with Crippen molar-refractivity contribution in [3.63, 3.8) is 0 Å². The summed E-state index contributed by atoms with van der Waals surface area (Å²) in [6.07, 6.45) is 10.9. The first-order valence-electron chi connectivity index (χ1n) is 6.79. The molecule has 0 saturated heterocycles. The first kappa shape index (κ1) is 11.0. The number of hydrogen-bond donors (Lipinski definition) is 2. The molecule has 0 amide bonds. The molecule has 2 heterocycles. The number of nitrogens with two attached hydrogens (primary N) is 1. The number of allylic oxidation sites excluding steroid dienone is 2. The smallest absolute Gasteiger partial charge is 0.0709 e. The van der Waals surface area contributed by atoms with Crippen molar-refractivity contribution < 1.29 is 0 Å². The molecule has 96 valence electrons. The average Bonchev–Trinajstić information content (AvgIpc) is 2.83. The molecule has 3 N–H and O–H groups in total. The molecule has 2 aliphatic rings. The Hall–Kier alpha value is -1.84. The van der Waals surface area contributed by atoms with Crippen molar-refractivity contribution in [2.24, 2.45) is 5.73 Å². The highest BCUT2D eigenvalue weighted by Crippen LogP contribution is 2.34. The van der Waals surface area contributed by atoms with E-state index in [1.54, 1.807) is 0 Å². The van der Waals surface area contributed by atoms with E-state index in [1.807, 2.05) is 0 Å². The molecular formula is C16H17N3. The average molecular weight is 251 g/mol. The summed E-state index contributed by atoms with van der Waals surface area (Å²) >= 11 is 0. The van der Waals surface area contributed by atoms with Gasteiger partial charge in [-0.25, -0.2) is 0 Å². The lowest BCUT2D eigenvalue weighted by Crippen LogP contribution is -2.38. The Balaban J connectivity index is 2.01. The van der Waals surface area contributed by atoms with Crippen LogP contribution in [0.25, 0.3) is 10.9 Å². The largest absolute Gasteiger partial charge is 0.338 e. The molecule has 3 heteroatoms. The van der Waals surface area contributed by atoms with Gasteiger partial charge in [0.2, 0.25) is 0 Å². The van der Waals surface area contributed by atoms with E-state index in [0.717, 1.165) is 0 Å². The molecular weight excluding hydrogens is 234 g/mol. The summed E-state index contributed by atoms with van der Waals surface area (Å²) < 4.78 is 2.37. The second kappa shape index (κ2) is 4.08. The molecule has 0 radical (unpaired) electrons. The number of rotatable bonds is 1. The number of para-hydroxylation sites is 1. The van der Waals surface area contributed by atoms with Crippen LogP contribution in [0.2, 0.25) is 0 Å². The van der Waals surface area contributed by atoms with Crippen LogP contribution >= 0.6 is 0 Å². The molecule has 3 nitrogen and oxygen atoms in total. The number of fused-ring (bicyclic) bond motifs is 2. The highest BCUT2D eigenvalue weighted by Gasteiger charge is 2.29. The summed E-state index contributed by atoms with van der Waals surface area (Å²) in [5, 5.41) is 4.97. The standard InChI is InChI=1S/C16H17N3/c17-10-14-12-5-3-4-11-8-9-19(16(11)12)15-7-2-1-6-13(15)18-14/h1-9,13-15,18H,10,17H2. The van der Waals surface area contributed by atoms with Gasteiger partial charge in [0.15, 0.2) is 0 Å². The maximum absolute atomic E-state index is 5.98. The Morgan fingerprint density at radius 1 is 1.16 bits per heavy atom. The van der Waals surface area contributed by atoms with Crippen molar-refractivity contribution in [3.05, 3.63) is 60.3 Å². The lowest BCUT2D eigenvalue weighted by atomic mass is 10.0. The maximum atomic E-state index is 5.98. The number of aromatic nitrogens is 1. The number of benzene rings is 1. The molecule has 1 aromatic heterocycles. The van der Waals surface area contributed by atoms with Crippen LogP contribution in [0, 0.1) is 0 Å². The molecule has 19 heavy (non-hydrogen) atoms. The Bertz CT molecular complexity index is 680. The van der Waals surface area contributed by atoms with Crippen molar-refractivity contribution in [2.75, 3.05) is 6.54 Å². The number of nitrogens with zero attached hydrogens (tertiary/aromatic N) is 1. The Morgan fingerprint density at radius 2 is 2.05 bits per heavy atom. The SMILES string of the molecule is NCC1NC2C=CC=CC2n2ccc3cccc1c32. The lowest BCUT2D eigenvalue weighted by molar-refractivity contribution is 0.429. The van der Waals surface area contributed by atoms with Crippen molar-refractivity contribution in [1.29, 1.82) is 0 Å². The van der Waals surface area contributed by atoms with Crippen molar-refractivity contribution in [1.82, 2.24) is 9.88 Å². The van der Waals surface area contributed by atoms with Gasteiger partial charge in [-0.2, -0.15) is 0 Å². The van der Waals surface area contributed by atoms with Gasteiger partial charge in [0, 0.05) is 18.8 Å². The van der Waals surface area contributed by atoms with E-state index in [2.05, 4.69) is 64.7 Å². The van der Waals surface area contributed by atoms with E-state index in [4.69, 9.17) is 5.73 Å². The Labute approximate surface area is 112 Å². The molecule has 4 rings (SSSR count). The fourth-order valence-electron chi connectivity index (χ4n) is 3.31. The zero-order valence-electron chi connectivity index (χ0n) is 10.7. The van der Waals surface area contributed by atoms with Crippen LogP contribution in [0.3, 0.4) is 0 Å². The van der Waals surface area contributed by atoms with Gasteiger partial charge < -0.3 is 15.6 Å². The Morgan fingerprint density at radius 3 is 2.95 bits per heavy atom. The van der Waals surface area contributed by atoms with Gasteiger partial charge in [-0.05, 0) is 17.0 Å². The molecule has 1 aromatic carbocycles. The molecule has 0 bridgehead atoms. The zero-order valence-corrected chi connectivity index (χ0v) is 10.7. The van der Waals surface area contributed by atoms with Gasteiger partial charge in [0.25, 0.3) is 0 Å². The predicted molar refractivity (Wildman–Crippen MR) is 78.0 cm³/mol. The minimum Gasteiger partial charge on any atom is -0.338 e. The summed E-state index contributed by atoms with van der Waals surface area (Å²) in [6.45, 7) is 0.616. The minimum atomic E-state index is 0.212. The van der Waals surface area contributed by atoms with Crippen LogP contribution in [-0.4, -0.2) is 17.2 Å². The van der Waals surface area contributed by atoms with E-state index in [-0.39, 0.29) is 6.04 Å². The Kier molecular flexibility index (Phi) is 2.37. The van der Waals surface area contributed by atoms with Crippen LogP contribution in [0.4, 0.5) is 0 Å². The topological polar surface area (TPSA) is 43.0 Å². The van der Waals surface area contributed by atoms with Crippen molar-refractivity contribution >= 4 is 10.9 Å². The van der Waals surface area contributed by atoms with Gasteiger partial charge in [0.05, 0.1) is 17.6 Å². The highest BCUT2D eigenvalue weighted by molar-refractivity contribution is 5.84. The predicted octanol–water partition coefficient (Wildman–Crippen LogP) is 2.28. The van der Waals surface area contributed by atoms with Crippen LogP contribution in [0.5, 0.6) is 0 Å². The third kappa shape index (κ3) is 1.52. The first-order chi connectivity index (χ1) is 9.38. The first-order valence-corrected chi connectivity index (χ1v) is 6.79. The van der Waals surface area contributed by atoms with E-state index < -0.39 is 0 Å². The van der Waals surface area contributed by atoms with Crippen molar-refractivity contribution in [2.45, 2.75) is 18.1 Å². The van der Waals surface area contributed by atoms with Crippen LogP contribution in [0.1, 0.15) is 17.6 Å². The van der Waals surface area contributed by atoms with E-state index in [1.165, 1.54) is 16.5 Å². The molecule has 0 saturated carbocycles. The second-order valence-electron chi connectivity index (χ2n) is 5.25. The van der Waals surface area contributed by atoms with Gasteiger partial charge in [-0.1, -0.05) is 42.5 Å². The van der Waals surface area contributed by atoms with Crippen LogP contribution in [-0.2, 0) is 0 Å². The fourth-order valence-corrected chi connectivity index (χ4v) is 3.31. The molecule has 1 aliphatic heterocycles. The highest BCUT2D eigenvalue weighted by atomic mass is 15.1. The summed E-state index contributed by atoms with van der Waals surface area (Å²) in [6, 6.07) is 9.53. The molecule has 1 aliphatic carbocycles. The molecule has 0 fully saturated rings. The third-order valence-electron chi connectivity index (χ3n) is 4.20. The lowest BCUT2D eigenvalue weighted by Gasteiger charge is -2.27. The van der Waals surface area contributed by atoms with Gasteiger partial charge in [-0.3, -0.25) is 0 Å². The van der Waals surface area contributed by atoms with Crippen LogP contribution in [0.15, 0.2) is 54.8 Å². The second-order valence-corrected chi connectivity index (χ2v) is 5.25. The molecule has 3 atom stereocenters. The molecule has 3 unspecified atom stereocenters. The summed E-state index contributed by atoms with van der Waals surface area (Å²) in [4.78, 5) is 0. The maximum Gasteiger partial charge on any atom is 0.0709 e.